The Balaban J connectivity index is 1.92. The van der Waals surface area contributed by atoms with E-state index in [1.165, 1.54) is 12.0 Å². The van der Waals surface area contributed by atoms with Crippen LogP contribution in [-0.2, 0) is 11.3 Å². The van der Waals surface area contributed by atoms with Crippen LogP contribution in [0.3, 0.4) is 0 Å². The molecule has 2 unspecified atom stereocenters. The molecule has 3 rings (SSSR count). The Kier molecular flexibility index (Phi) is 8.15. The van der Waals surface area contributed by atoms with E-state index >= 15 is 0 Å². The summed E-state index contributed by atoms with van der Waals surface area (Å²) in [7, 11) is 0. The van der Waals surface area contributed by atoms with Gasteiger partial charge in [0.15, 0.2) is 0 Å². The van der Waals surface area contributed by atoms with Crippen LogP contribution in [0.15, 0.2) is 42.5 Å². The number of hydrogen-bond donors (Lipinski definition) is 2. The highest BCUT2D eigenvalue weighted by Crippen LogP contribution is 2.29. The Morgan fingerprint density at radius 3 is 2.65 bits per heavy atom. The zero-order chi connectivity index (χ0) is 22.4. The first kappa shape index (κ1) is 23.4. The second-order valence-electron chi connectivity index (χ2n) is 8.47. The van der Waals surface area contributed by atoms with Crippen molar-refractivity contribution in [2.24, 2.45) is 5.92 Å². The number of nitrogens with one attached hydrogen (secondary N) is 1. The van der Waals surface area contributed by atoms with E-state index in [0.29, 0.717) is 17.7 Å². The molecule has 0 aromatic heterocycles. The van der Waals surface area contributed by atoms with Crippen LogP contribution in [0.2, 0.25) is 0 Å². The highest BCUT2D eigenvalue weighted by molar-refractivity contribution is 7.98. The van der Waals surface area contributed by atoms with Gasteiger partial charge in [0, 0.05) is 18.7 Å². The SMILES string of the molecule is CSCCC(NC(=O)c1ccc(CN2CCC(C)C2)cc1-c1ccccc1C)C(=O)O. The lowest BCUT2D eigenvalue weighted by Crippen LogP contribution is -2.41. The van der Waals surface area contributed by atoms with Gasteiger partial charge < -0.3 is 10.4 Å². The third-order valence-corrected chi connectivity index (χ3v) is 6.54. The molecule has 1 aliphatic rings. The molecule has 1 heterocycles. The molecule has 0 aliphatic carbocycles. The van der Waals surface area contributed by atoms with Gasteiger partial charge in [0.1, 0.15) is 6.04 Å². The molecular weight excluding hydrogens is 408 g/mol. The fourth-order valence-electron chi connectivity index (χ4n) is 4.14. The third-order valence-electron chi connectivity index (χ3n) is 5.89. The molecule has 0 spiro atoms. The first-order valence-corrected chi connectivity index (χ1v) is 12.2. The molecule has 6 heteroatoms. The molecule has 0 bridgehead atoms. The van der Waals surface area contributed by atoms with E-state index in [-0.39, 0.29) is 5.91 Å². The van der Waals surface area contributed by atoms with Crippen molar-refractivity contribution in [2.75, 3.05) is 25.1 Å². The maximum absolute atomic E-state index is 13.1. The van der Waals surface area contributed by atoms with Crippen molar-refractivity contribution < 1.29 is 14.7 Å². The number of hydrogen-bond acceptors (Lipinski definition) is 4. The van der Waals surface area contributed by atoms with Crippen LogP contribution in [0.1, 0.15) is 41.3 Å². The van der Waals surface area contributed by atoms with Crippen LogP contribution in [0.4, 0.5) is 0 Å². The van der Waals surface area contributed by atoms with Crippen molar-refractivity contribution in [3.63, 3.8) is 0 Å². The molecule has 2 atom stereocenters. The van der Waals surface area contributed by atoms with Gasteiger partial charge in [-0.3, -0.25) is 9.69 Å². The lowest BCUT2D eigenvalue weighted by atomic mass is 9.93. The number of carboxylic acids is 1. The molecule has 2 aromatic carbocycles. The van der Waals surface area contributed by atoms with E-state index in [1.54, 1.807) is 11.8 Å². The largest absolute Gasteiger partial charge is 0.480 e. The van der Waals surface area contributed by atoms with Crippen LogP contribution >= 0.6 is 11.8 Å². The first-order chi connectivity index (χ1) is 14.9. The average Bonchev–Trinajstić information content (AvgIpc) is 3.15. The molecule has 31 heavy (non-hydrogen) atoms. The summed E-state index contributed by atoms with van der Waals surface area (Å²) in [6, 6.07) is 13.1. The molecule has 166 valence electrons. The summed E-state index contributed by atoms with van der Waals surface area (Å²) in [5.74, 6) is 0.0533. The number of thioether (sulfide) groups is 1. The second-order valence-corrected chi connectivity index (χ2v) is 9.46. The third kappa shape index (κ3) is 6.11. The van der Waals surface area contributed by atoms with E-state index in [1.807, 2.05) is 49.6 Å². The molecule has 2 N–H and O–H groups in total. The van der Waals surface area contributed by atoms with E-state index in [9.17, 15) is 14.7 Å². The summed E-state index contributed by atoms with van der Waals surface area (Å²) in [6.45, 7) is 7.36. The number of carbonyl (C=O) groups is 2. The predicted molar refractivity (Wildman–Crippen MR) is 128 cm³/mol. The fraction of sp³-hybridized carbons (Fsp3) is 0.440. The smallest absolute Gasteiger partial charge is 0.326 e. The van der Waals surface area contributed by atoms with Gasteiger partial charge in [0.2, 0.25) is 0 Å². The normalized spacial score (nSPS) is 17.5. The summed E-state index contributed by atoms with van der Waals surface area (Å²) >= 11 is 1.57. The maximum Gasteiger partial charge on any atom is 0.326 e. The number of nitrogens with zero attached hydrogens (tertiary/aromatic N) is 1. The van der Waals surface area contributed by atoms with Gasteiger partial charge in [-0.05, 0) is 78.6 Å². The molecule has 0 radical (unpaired) electrons. The van der Waals surface area contributed by atoms with Gasteiger partial charge in [-0.1, -0.05) is 37.3 Å². The summed E-state index contributed by atoms with van der Waals surface area (Å²) < 4.78 is 0. The molecule has 1 amide bonds. The summed E-state index contributed by atoms with van der Waals surface area (Å²) in [4.78, 5) is 27.2. The summed E-state index contributed by atoms with van der Waals surface area (Å²) in [5.41, 5.74) is 4.62. The molecular formula is C25H32N2O3S. The Labute approximate surface area is 189 Å². The lowest BCUT2D eigenvalue weighted by molar-refractivity contribution is -0.139. The summed E-state index contributed by atoms with van der Waals surface area (Å²) in [5, 5.41) is 12.3. The predicted octanol–water partition coefficient (Wildman–Crippen LogP) is 4.44. The number of carbonyl (C=O) groups excluding carboxylic acids is 1. The minimum absolute atomic E-state index is 0.340. The van der Waals surface area contributed by atoms with Crippen molar-refractivity contribution in [3.05, 3.63) is 59.2 Å². The van der Waals surface area contributed by atoms with Gasteiger partial charge in [0.05, 0.1) is 0 Å². The minimum Gasteiger partial charge on any atom is -0.480 e. The van der Waals surface area contributed by atoms with Gasteiger partial charge in [-0.25, -0.2) is 4.79 Å². The molecule has 0 saturated carbocycles. The minimum atomic E-state index is -1.00. The Bertz CT molecular complexity index is 931. The fourth-order valence-corrected chi connectivity index (χ4v) is 4.61. The first-order valence-electron chi connectivity index (χ1n) is 10.8. The number of rotatable bonds is 9. The number of amides is 1. The Hall–Kier alpha value is -2.31. The zero-order valence-electron chi connectivity index (χ0n) is 18.6. The monoisotopic (exact) mass is 440 g/mol. The van der Waals surface area contributed by atoms with Gasteiger partial charge in [-0.2, -0.15) is 11.8 Å². The molecule has 1 saturated heterocycles. The van der Waals surface area contributed by atoms with Crippen LogP contribution in [0, 0.1) is 12.8 Å². The van der Waals surface area contributed by atoms with Gasteiger partial charge in [0.25, 0.3) is 5.91 Å². The summed E-state index contributed by atoms with van der Waals surface area (Å²) in [6.07, 6.45) is 3.54. The maximum atomic E-state index is 13.1. The van der Waals surface area contributed by atoms with Crippen molar-refractivity contribution in [2.45, 2.75) is 39.3 Å². The van der Waals surface area contributed by atoms with Gasteiger partial charge in [-0.15, -0.1) is 0 Å². The lowest BCUT2D eigenvalue weighted by Gasteiger charge is -2.19. The van der Waals surface area contributed by atoms with E-state index < -0.39 is 12.0 Å². The number of likely N-dealkylation sites (tertiary alicyclic amines) is 1. The Morgan fingerprint density at radius 1 is 1.23 bits per heavy atom. The molecule has 2 aromatic rings. The number of benzene rings is 2. The van der Waals surface area contributed by atoms with E-state index in [4.69, 9.17) is 0 Å². The Morgan fingerprint density at radius 2 is 2.00 bits per heavy atom. The standard InChI is InChI=1S/C25H32N2O3S/c1-17-10-12-27(15-17)16-19-8-9-21(22(14-19)20-7-5-4-6-18(20)2)24(28)26-23(25(29)30)11-13-31-3/h4-9,14,17,23H,10-13,15-16H2,1-3H3,(H,26,28)(H,29,30). The number of aliphatic carboxylic acids is 1. The van der Waals surface area contributed by atoms with Crippen molar-refractivity contribution in [3.8, 4) is 11.1 Å². The highest BCUT2D eigenvalue weighted by atomic mass is 32.2. The highest BCUT2D eigenvalue weighted by Gasteiger charge is 2.23. The van der Waals surface area contributed by atoms with Crippen LogP contribution in [-0.4, -0.2) is 53.0 Å². The second kappa shape index (κ2) is 10.8. The molecule has 1 aliphatic heterocycles. The zero-order valence-corrected chi connectivity index (χ0v) is 19.4. The van der Waals surface area contributed by atoms with Crippen molar-refractivity contribution >= 4 is 23.6 Å². The van der Waals surface area contributed by atoms with Crippen LogP contribution < -0.4 is 5.32 Å². The number of carboxylic acid groups (broad SMARTS) is 1. The van der Waals surface area contributed by atoms with Gasteiger partial charge >= 0.3 is 5.97 Å². The van der Waals surface area contributed by atoms with E-state index in [2.05, 4.69) is 23.2 Å². The number of aryl methyl sites for hydroxylation is 1. The van der Waals surface area contributed by atoms with E-state index in [0.717, 1.165) is 42.2 Å². The molecule has 1 fully saturated rings. The van der Waals surface area contributed by atoms with Crippen molar-refractivity contribution in [1.29, 1.82) is 0 Å². The topological polar surface area (TPSA) is 69.6 Å². The quantitative estimate of drug-likeness (QED) is 0.603. The molecule has 5 nitrogen and oxygen atoms in total. The van der Waals surface area contributed by atoms with Crippen molar-refractivity contribution in [1.82, 2.24) is 10.2 Å². The van der Waals surface area contributed by atoms with Crippen LogP contribution in [0.25, 0.3) is 11.1 Å². The van der Waals surface area contributed by atoms with Crippen LogP contribution in [0.5, 0.6) is 0 Å². The average molecular weight is 441 g/mol.